The molecule has 0 aromatic carbocycles. The molecule has 2 fully saturated rings. The Balaban J connectivity index is 2.05. The molecule has 0 spiro atoms. The van der Waals surface area contributed by atoms with Crippen LogP contribution in [0.15, 0.2) is 0 Å². The topological polar surface area (TPSA) is 44.8 Å². The van der Waals surface area contributed by atoms with Crippen LogP contribution >= 0.6 is 0 Å². The average molecular weight is 242 g/mol. The van der Waals surface area contributed by atoms with Gasteiger partial charge in [-0.25, -0.2) is 0 Å². The lowest BCUT2D eigenvalue weighted by molar-refractivity contribution is -0.164. The summed E-state index contributed by atoms with van der Waals surface area (Å²) in [4.78, 5) is 12.6. The third-order valence-electron chi connectivity index (χ3n) is 3.76. The molecule has 17 heavy (non-hydrogen) atoms. The molecule has 0 N–H and O–H groups in total. The minimum Gasteiger partial charge on any atom is -0.381 e. The van der Waals surface area contributed by atoms with Crippen molar-refractivity contribution < 1.29 is 19.0 Å². The van der Waals surface area contributed by atoms with E-state index in [0.29, 0.717) is 45.9 Å². The van der Waals surface area contributed by atoms with Gasteiger partial charge in [-0.05, 0) is 19.8 Å². The largest absolute Gasteiger partial charge is 0.381 e. The zero-order valence-electron chi connectivity index (χ0n) is 10.6. The minimum atomic E-state index is -0.574. The normalized spacial score (nSPS) is 25.7. The first-order chi connectivity index (χ1) is 8.28. The van der Waals surface area contributed by atoms with Crippen molar-refractivity contribution in [1.29, 1.82) is 0 Å². The predicted octanol–water partition coefficient (Wildman–Crippen LogP) is 1.57. The van der Waals surface area contributed by atoms with Crippen LogP contribution in [0.3, 0.4) is 0 Å². The van der Waals surface area contributed by atoms with E-state index >= 15 is 0 Å². The third kappa shape index (κ3) is 2.87. The van der Waals surface area contributed by atoms with Crippen LogP contribution in [-0.4, -0.2) is 44.4 Å². The highest BCUT2D eigenvalue weighted by atomic mass is 16.5. The van der Waals surface area contributed by atoms with Gasteiger partial charge in [0.15, 0.2) is 5.78 Å². The average Bonchev–Trinajstić information content (AvgIpc) is 2.40. The smallest absolute Gasteiger partial charge is 0.168 e. The Morgan fingerprint density at radius 3 is 2.35 bits per heavy atom. The molecule has 2 heterocycles. The molecule has 0 aliphatic carbocycles. The van der Waals surface area contributed by atoms with Gasteiger partial charge in [0.1, 0.15) is 5.60 Å². The molecule has 0 radical (unpaired) electrons. The van der Waals surface area contributed by atoms with Crippen LogP contribution in [-0.2, 0) is 19.0 Å². The number of hydrogen-bond acceptors (Lipinski definition) is 4. The van der Waals surface area contributed by atoms with E-state index in [0.717, 1.165) is 12.8 Å². The minimum absolute atomic E-state index is 0.119. The molecular formula is C13H22O4. The molecule has 2 rings (SSSR count). The number of ether oxygens (including phenoxy) is 3. The molecular weight excluding hydrogens is 220 g/mol. The van der Waals surface area contributed by atoms with Gasteiger partial charge >= 0.3 is 0 Å². The van der Waals surface area contributed by atoms with E-state index in [9.17, 15) is 4.79 Å². The number of carbonyl (C=O) groups is 1. The Bertz CT molecular complexity index is 247. The van der Waals surface area contributed by atoms with Gasteiger partial charge in [-0.3, -0.25) is 4.79 Å². The van der Waals surface area contributed by atoms with Crippen molar-refractivity contribution in [2.75, 3.05) is 33.0 Å². The fourth-order valence-electron chi connectivity index (χ4n) is 2.77. The first kappa shape index (κ1) is 13.0. The Morgan fingerprint density at radius 2 is 1.76 bits per heavy atom. The van der Waals surface area contributed by atoms with Crippen LogP contribution < -0.4 is 0 Å². The summed E-state index contributed by atoms with van der Waals surface area (Å²) in [5.41, 5.74) is -0.574. The molecule has 0 aromatic rings. The summed E-state index contributed by atoms with van der Waals surface area (Å²) < 4.78 is 16.5. The van der Waals surface area contributed by atoms with Gasteiger partial charge in [-0.15, -0.1) is 0 Å². The SMILES string of the molecule is CCOC1(C(=O)C2CCOCC2)CCOCC1. The van der Waals surface area contributed by atoms with Crippen LogP contribution in [0.25, 0.3) is 0 Å². The van der Waals surface area contributed by atoms with Crippen molar-refractivity contribution in [2.24, 2.45) is 5.92 Å². The van der Waals surface area contributed by atoms with Crippen LogP contribution in [0, 0.1) is 5.92 Å². The van der Waals surface area contributed by atoms with Crippen LogP contribution in [0.1, 0.15) is 32.6 Å². The van der Waals surface area contributed by atoms with Gasteiger partial charge in [0, 0.05) is 51.8 Å². The van der Waals surface area contributed by atoms with E-state index in [1.54, 1.807) is 0 Å². The molecule has 2 aliphatic heterocycles. The van der Waals surface area contributed by atoms with Gasteiger partial charge in [0.05, 0.1) is 0 Å². The summed E-state index contributed by atoms with van der Waals surface area (Å²) in [6.45, 7) is 5.22. The lowest BCUT2D eigenvalue weighted by atomic mass is 9.80. The maximum Gasteiger partial charge on any atom is 0.168 e. The molecule has 4 nitrogen and oxygen atoms in total. The highest BCUT2D eigenvalue weighted by Gasteiger charge is 2.44. The van der Waals surface area contributed by atoms with Gasteiger partial charge in [0.2, 0.25) is 0 Å². The lowest BCUT2D eigenvalue weighted by Gasteiger charge is -2.38. The van der Waals surface area contributed by atoms with E-state index < -0.39 is 5.60 Å². The Kier molecular flexibility index (Phi) is 4.54. The predicted molar refractivity (Wildman–Crippen MR) is 63.0 cm³/mol. The van der Waals surface area contributed by atoms with E-state index in [1.165, 1.54) is 0 Å². The van der Waals surface area contributed by atoms with Crippen molar-refractivity contribution >= 4 is 5.78 Å². The number of hydrogen-bond donors (Lipinski definition) is 0. The molecule has 0 atom stereocenters. The molecule has 0 amide bonds. The van der Waals surface area contributed by atoms with Crippen molar-refractivity contribution in [3.63, 3.8) is 0 Å². The maximum absolute atomic E-state index is 12.6. The van der Waals surface area contributed by atoms with Crippen LogP contribution in [0.4, 0.5) is 0 Å². The number of rotatable bonds is 4. The van der Waals surface area contributed by atoms with E-state index in [1.807, 2.05) is 6.92 Å². The number of ketones is 1. The maximum atomic E-state index is 12.6. The van der Waals surface area contributed by atoms with E-state index in [4.69, 9.17) is 14.2 Å². The van der Waals surface area contributed by atoms with E-state index in [2.05, 4.69) is 0 Å². The van der Waals surface area contributed by atoms with Crippen LogP contribution in [0.2, 0.25) is 0 Å². The van der Waals surface area contributed by atoms with Gasteiger partial charge in [0.25, 0.3) is 0 Å². The molecule has 0 aromatic heterocycles. The zero-order chi connectivity index (χ0) is 12.1. The standard InChI is InChI=1S/C13H22O4/c1-2-17-13(5-9-16-10-6-13)12(14)11-3-7-15-8-4-11/h11H,2-10H2,1H3. The Morgan fingerprint density at radius 1 is 1.18 bits per heavy atom. The first-order valence-electron chi connectivity index (χ1n) is 6.62. The fourth-order valence-corrected chi connectivity index (χ4v) is 2.77. The fraction of sp³-hybridized carbons (Fsp3) is 0.923. The summed E-state index contributed by atoms with van der Waals surface area (Å²) in [7, 11) is 0. The molecule has 0 bridgehead atoms. The number of Topliss-reactive ketones (excluding diaryl/α,β-unsaturated/α-hetero) is 1. The monoisotopic (exact) mass is 242 g/mol. The quantitative estimate of drug-likeness (QED) is 0.750. The summed E-state index contributed by atoms with van der Waals surface area (Å²) in [5.74, 6) is 0.402. The highest BCUT2D eigenvalue weighted by Crippen LogP contribution is 2.32. The molecule has 2 aliphatic rings. The Labute approximate surface area is 103 Å². The molecule has 0 unspecified atom stereocenters. The molecule has 2 saturated heterocycles. The van der Waals surface area contributed by atoms with Crippen LogP contribution in [0.5, 0.6) is 0 Å². The zero-order valence-corrected chi connectivity index (χ0v) is 10.6. The molecule has 4 heteroatoms. The van der Waals surface area contributed by atoms with Gasteiger partial charge in [-0.2, -0.15) is 0 Å². The highest BCUT2D eigenvalue weighted by molar-refractivity contribution is 5.89. The van der Waals surface area contributed by atoms with Gasteiger partial charge in [-0.1, -0.05) is 0 Å². The second kappa shape index (κ2) is 5.94. The summed E-state index contributed by atoms with van der Waals surface area (Å²) in [6, 6.07) is 0. The van der Waals surface area contributed by atoms with Crippen molar-refractivity contribution in [2.45, 2.75) is 38.2 Å². The summed E-state index contributed by atoms with van der Waals surface area (Å²) >= 11 is 0. The van der Waals surface area contributed by atoms with Crippen molar-refractivity contribution in [3.8, 4) is 0 Å². The lowest BCUT2D eigenvalue weighted by Crippen LogP contribution is -2.50. The van der Waals surface area contributed by atoms with E-state index in [-0.39, 0.29) is 11.7 Å². The molecule has 0 saturated carbocycles. The second-order valence-electron chi connectivity index (χ2n) is 4.79. The summed E-state index contributed by atoms with van der Waals surface area (Å²) in [6.07, 6.45) is 3.09. The Hall–Kier alpha value is -0.450. The van der Waals surface area contributed by atoms with Crippen molar-refractivity contribution in [1.82, 2.24) is 0 Å². The van der Waals surface area contributed by atoms with Crippen molar-refractivity contribution in [3.05, 3.63) is 0 Å². The molecule has 98 valence electrons. The third-order valence-corrected chi connectivity index (χ3v) is 3.76. The number of carbonyl (C=O) groups excluding carboxylic acids is 1. The first-order valence-corrected chi connectivity index (χ1v) is 6.62. The second-order valence-corrected chi connectivity index (χ2v) is 4.79. The van der Waals surface area contributed by atoms with Gasteiger partial charge < -0.3 is 14.2 Å². The summed E-state index contributed by atoms with van der Waals surface area (Å²) in [5, 5.41) is 0.